The lowest BCUT2D eigenvalue weighted by atomic mass is 10.1. The lowest BCUT2D eigenvalue weighted by Gasteiger charge is -2.20. The predicted octanol–water partition coefficient (Wildman–Crippen LogP) is 2.06. The van der Waals surface area contributed by atoms with Crippen LogP contribution in [-0.4, -0.2) is 27.4 Å². The van der Waals surface area contributed by atoms with Crippen LogP contribution in [0.3, 0.4) is 0 Å². The molecular formula is C14H16N4O2. The molecule has 0 aromatic carbocycles. The highest BCUT2D eigenvalue weighted by atomic mass is 16.5. The summed E-state index contributed by atoms with van der Waals surface area (Å²) in [6.45, 7) is 0.818. The highest BCUT2D eigenvalue weighted by Gasteiger charge is 2.19. The number of ether oxygens (including phenoxy) is 1. The topological polar surface area (TPSA) is 76.9 Å². The minimum atomic E-state index is 0.192. The number of aryl methyl sites for hydroxylation is 1. The Kier molecular flexibility index (Phi) is 3.52. The van der Waals surface area contributed by atoms with Crippen molar-refractivity contribution in [3.05, 3.63) is 23.7 Å². The van der Waals surface area contributed by atoms with Crippen LogP contribution in [0.1, 0.15) is 30.7 Å². The fourth-order valence-corrected chi connectivity index (χ4v) is 2.45. The molecule has 1 saturated heterocycles. The second kappa shape index (κ2) is 5.47. The van der Waals surface area contributed by atoms with Gasteiger partial charge < -0.3 is 13.8 Å². The van der Waals surface area contributed by atoms with E-state index in [0.717, 1.165) is 25.1 Å². The Morgan fingerprint density at radius 2 is 2.40 bits per heavy atom. The summed E-state index contributed by atoms with van der Waals surface area (Å²) in [4.78, 5) is 4.40. The van der Waals surface area contributed by atoms with Crippen molar-refractivity contribution < 1.29 is 9.26 Å². The van der Waals surface area contributed by atoms with E-state index in [1.54, 1.807) is 12.3 Å². The molecular weight excluding hydrogens is 256 g/mol. The number of hydrogen-bond acceptors (Lipinski definition) is 5. The van der Waals surface area contributed by atoms with Crippen LogP contribution >= 0.6 is 0 Å². The lowest BCUT2D eigenvalue weighted by molar-refractivity contribution is 0.0153. The number of rotatable bonds is 3. The Morgan fingerprint density at radius 1 is 1.50 bits per heavy atom. The molecule has 104 valence electrons. The average molecular weight is 272 g/mol. The van der Waals surface area contributed by atoms with Crippen molar-refractivity contribution in [1.82, 2.24) is 14.7 Å². The third kappa shape index (κ3) is 2.58. The van der Waals surface area contributed by atoms with Crippen LogP contribution in [0.15, 0.2) is 16.8 Å². The standard InChI is InChI=1S/C14H16N4O2/c1-18-9-10(8-15)6-12(18)14-16-13(17-20-14)7-11-4-2-3-5-19-11/h6,9,11H,2-5,7H2,1H3. The summed E-state index contributed by atoms with van der Waals surface area (Å²) in [6, 6.07) is 3.84. The molecule has 0 saturated carbocycles. The van der Waals surface area contributed by atoms with Crippen molar-refractivity contribution in [3.8, 4) is 17.7 Å². The summed E-state index contributed by atoms with van der Waals surface area (Å²) in [5, 5.41) is 12.9. The molecule has 0 bridgehead atoms. The van der Waals surface area contributed by atoms with Gasteiger partial charge in [0.2, 0.25) is 0 Å². The number of nitrogens with zero attached hydrogens (tertiary/aromatic N) is 4. The summed E-state index contributed by atoms with van der Waals surface area (Å²) in [6.07, 6.45) is 5.99. The molecule has 0 aliphatic carbocycles. The molecule has 3 heterocycles. The predicted molar refractivity (Wildman–Crippen MR) is 70.7 cm³/mol. The van der Waals surface area contributed by atoms with E-state index in [1.807, 2.05) is 11.6 Å². The summed E-state index contributed by atoms with van der Waals surface area (Å²) >= 11 is 0. The summed E-state index contributed by atoms with van der Waals surface area (Å²) < 4.78 is 12.8. The zero-order valence-electron chi connectivity index (χ0n) is 11.4. The molecule has 0 spiro atoms. The third-order valence-corrected chi connectivity index (χ3v) is 3.51. The molecule has 0 radical (unpaired) electrons. The van der Waals surface area contributed by atoms with E-state index in [2.05, 4.69) is 16.2 Å². The van der Waals surface area contributed by atoms with Crippen LogP contribution in [-0.2, 0) is 18.2 Å². The monoisotopic (exact) mass is 272 g/mol. The second-order valence-corrected chi connectivity index (χ2v) is 5.05. The van der Waals surface area contributed by atoms with Crippen molar-refractivity contribution in [2.45, 2.75) is 31.8 Å². The Morgan fingerprint density at radius 3 is 3.10 bits per heavy atom. The largest absolute Gasteiger partial charge is 0.378 e. The van der Waals surface area contributed by atoms with Crippen LogP contribution in [0.2, 0.25) is 0 Å². The SMILES string of the molecule is Cn1cc(C#N)cc1-c1nc(CC2CCCCO2)no1. The fraction of sp³-hybridized carbons (Fsp3) is 0.500. The number of aromatic nitrogens is 3. The number of nitriles is 1. The first-order valence-electron chi connectivity index (χ1n) is 6.77. The molecule has 1 aliphatic rings. The molecule has 1 atom stereocenters. The zero-order chi connectivity index (χ0) is 13.9. The molecule has 1 unspecified atom stereocenters. The van der Waals surface area contributed by atoms with Gasteiger partial charge in [-0.2, -0.15) is 10.2 Å². The van der Waals surface area contributed by atoms with Crippen molar-refractivity contribution >= 4 is 0 Å². The van der Waals surface area contributed by atoms with Crippen molar-refractivity contribution in [2.24, 2.45) is 7.05 Å². The molecule has 0 N–H and O–H groups in total. The van der Waals surface area contributed by atoms with Gasteiger partial charge in [-0.3, -0.25) is 0 Å². The van der Waals surface area contributed by atoms with Gasteiger partial charge in [-0.25, -0.2) is 0 Å². The van der Waals surface area contributed by atoms with Crippen LogP contribution < -0.4 is 0 Å². The van der Waals surface area contributed by atoms with E-state index in [4.69, 9.17) is 14.5 Å². The van der Waals surface area contributed by atoms with Crippen LogP contribution in [0, 0.1) is 11.3 Å². The minimum Gasteiger partial charge on any atom is -0.378 e. The highest BCUT2D eigenvalue weighted by Crippen LogP contribution is 2.21. The second-order valence-electron chi connectivity index (χ2n) is 5.05. The van der Waals surface area contributed by atoms with Gasteiger partial charge in [-0.15, -0.1) is 0 Å². The maximum absolute atomic E-state index is 8.90. The fourth-order valence-electron chi connectivity index (χ4n) is 2.45. The van der Waals surface area contributed by atoms with E-state index >= 15 is 0 Å². The first-order valence-corrected chi connectivity index (χ1v) is 6.77. The van der Waals surface area contributed by atoms with E-state index in [9.17, 15) is 0 Å². The van der Waals surface area contributed by atoms with E-state index in [0.29, 0.717) is 23.7 Å². The van der Waals surface area contributed by atoms with Gasteiger partial charge in [0, 0.05) is 26.3 Å². The summed E-state index contributed by atoms with van der Waals surface area (Å²) in [5.74, 6) is 1.10. The molecule has 20 heavy (non-hydrogen) atoms. The summed E-state index contributed by atoms with van der Waals surface area (Å²) in [5.41, 5.74) is 1.34. The van der Waals surface area contributed by atoms with Crippen LogP contribution in [0.4, 0.5) is 0 Å². The molecule has 1 aliphatic heterocycles. The lowest BCUT2D eigenvalue weighted by Crippen LogP contribution is -2.21. The molecule has 6 nitrogen and oxygen atoms in total. The third-order valence-electron chi connectivity index (χ3n) is 3.51. The maximum Gasteiger partial charge on any atom is 0.274 e. The van der Waals surface area contributed by atoms with Crippen molar-refractivity contribution in [3.63, 3.8) is 0 Å². The summed E-state index contributed by atoms with van der Waals surface area (Å²) in [7, 11) is 1.85. The Bertz CT molecular complexity index is 632. The van der Waals surface area contributed by atoms with Crippen LogP contribution in [0.25, 0.3) is 11.6 Å². The maximum atomic E-state index is 8.90. The van der Waals surface area contributed by atoms with E-state index in [-0.39, 0.29) is 6.10 Å². The van der Waals surface area contributed by atoms with Gasteiger partial charge in [0.25, 0.3) is 5.89 Å². The molecule has 2 aromatic heterocycles. The molecule has 6 heteroatoms. The van der Waals surface area contributed by atoms with Gasteiger partial charge in [0.05, 0.1) is 11.7 Å². The number of hydrogen-bond donors (Lipinski definition) is 0. The molecule has 3 rings (SSSR count). The Balaban J connectivity index is 1.75. The Labute approximate surface area is 117 Å². The van der Waals surface area contributed by atoms with Gasteiger partial charge >= 0.3 is 0 Å². The minimum absolute atomic E-state index is 0.192. The van der Waals surface area contributed by atoms with E-state index < -0.39 is 0 Å². The van der Waals surface area contributed by atoms with Crippen molar-refractivity contribution in [1.29, 1.82) is 5.26 Å². The van der Waals surface area contributed by atoms with Crippen LogP contribution in [0.5, 0.6) is 0 Å². The normalized spacial score (nSPS) is 18.9. The first-order chi connectivity index (χ1) is 9.76. The highest BCUT2D eigenvalue weighted by molar-refractivity contribution is 5.52. The Hall–Kier alpha value is -2.13. The quantitative estimate of drug-likeness (QED) is 0.854. The van der Waals surface area contributed by atoms with Gasteiger partial charge in [0.15, 0.2) is 5.82 Å². The van der Waals surface area contributed by atoms with Crippen molar-refractivity contribution in [2.75, 3.05) is 6.61 Å². The molecule has 2 aromatic rings. The van der Waals surface area contributed by atoms with Gasteiger partial charge in [-0.1, -0.05) is 5.16 Å². The molecule has 0 amide bonds. The zero-order valence-corrected chi connectivity index (χ0v) is 11.4. The first kappa shape index (κ1) is 12.9. The van der Waals surface area contributed by atoms with Gasteiger partial charge in [0.1, 0.15) is 11.8 Å². The van der Waals surface area contributed by atoms with Gasteiger partial charge in [-0.05, 0) is 25.3 Å². The average Bonchev–Trinajstić information content (AvgIpc) is 3.06. The van der Waals surface area contributed by atoms with E-state index in [1.165, 1.54) is 6.42 Å². The smallest absolute Gasteiger partial charge is 0.274 e. The molecule has 1 fully saturated rings.